The number of fused-ring (bicyclic) bond motifs is 1. The van der Waals surface area contributed by atoms with Crippen LogP contribution in [0.5, 0.6) is 0 Å². The topological polar surface area (TPSA) is 102 Å². The number of hydrogen-bond donors (Lipinski definition) is 1. The normalized spacial score (nSPS) is 15.0. The smallest absolute Gasteiger partial charge is 0.292 e. The van der Waals surface area contributed by atoms with E-state index in [4.69, 9.17) is 4.42 Å². The number of rotatable bonds is 5. The van der Waals surface area contributed by atoms with Crippen molar-refractivity contribution in [3.05, 3.63) is 58.5 Å². The summed E-state index contributed by atoms with van der Waals surface area (Å²) >= 11 is 0. The molecular weight excluding hydrogens is 384 g/mol. The molecule has 2 heterocycles. The lowest BCUT2D eigenvalue weighted by atomic mass is 9.95. The van der Waals surface area contributed by atoms with Crippen molar-refractivity contribution in [3.8, 4) is 0 Å². The van der Waals surface area contributed by atoms with Gasteiger partial charge in [-0.25, -0.2) is 4.98 Å². The van der Waals surface area contributed by atoms with Crippen molar-refractivity contribution >= 4 is 34.1 Å². The number of nitro benzene ring substituents is 1. The lowest BCUT2D eigenvalue weighted by molar-refractivity contribution is -0.384. The molecule has 1 aromatic heterocycles. The molecule has 0 spiro atoms. The van der Waals surface area contributed by atoms with Gasteiger partial charge < -0.3 is 14.6 Å². The van der Waals surface area contributed by atoms with Gasteiger partial charge >= 0.3 is 0 Å². The molecule has 8 nitrogen and oxygen atoms in total. The van der Waals surface area contributed by atoms with E-state index in [0.29, 0.717) is 48.8 Å². The average molecular weight is 408 g/mol. The SMILES string of the molecule is CC(C)c1nc2cc(NC(=O)C3CCN(c4ccccc4[N+](=O)[O-])CC3)ccc2o1. The maximum absolute atomic E-state index is 12.8. The Kier molecular flexibility index (Phi) is 5.39. The summed E-state index contributed by atoms with van der Waals surface area (Å²) in [4.78, 5) is 30.1. The van der Waals surface area contributed by atoms with Crippen molar-refractivity contribution in [1.82, 2.24) is 4.98 Å². The molecule has 0 radical (unpaired) electrons. The van der Waals surface area contributed by atoms with E-state index in [9.17, 15) is 14.9 Å². The highest BCUT2D eigenvalue weighted by molar-refractivity contribution is 5.94. The fourth-order valence-corrected chi connectivity index (χ4v) is 3.78. The van der Waals surface area contributed by atoms with E-state index in [-0.39, 0.29) is 28.4 Å². The Labute approximate surface area is 174 Å². The number of carbonyl (C=O) groups excluding carboxylic acids is 1. The van der Waals surface area contributed by atoms with E-state index in [1.54, 1.807) is 18.2 Å². The van der Waals surface area contributed by atoms with Crippen LogP contribution in [0.1, 0.15) is 38.5 Å². The van der Waals surface area contributed by atoms with E-state index in [0.717, 1.165) is 5.52 Å². The van der Waals surface area contributed by atoms with Crippen LogP contribution in [0.2, 0.25) is 0 Å². The zero-order valence-electron chi connectivity index (χ0n) is 17.0. The maximum atomic E-state index is 12.8. The summed E-state index contributed by atoms with van der Waals surface area (Å²) in [5.74, 6) is 0.698. The third-order valence-electron chi connectivity index (χ3n) is 5.45. The Morgan fingerprint density at radius 1 is 1.23 bits per heavy atom. The predicted octanol–water partition coefficient (Wildman–Crippen LogP) is 4.71. The first-order valence-electron chi connectivity index (χ1n) is 10.1. The van der Waals surface area contributed by atoms with Crippen molar-refractivity contribution in [2.75, 3.05) is 23.3 Å². The number of benzene rings is 2. The Bertz CT molecular complexity index is 1080. The summed E-state index contributed by atoms with van der Waals surface area (Å²) in [7, 11) is 0. The van der Waals surface area contributed by atoms with E-state index in [2.05, 4.69) is 10.3 Å². The highest BCUT2D eigenvalue weighted by Gasteiger charge is 2.28. The molecule has 4 rings (SSSR count). The number of nitrogens with zero attached hydrogens (tertiary/aromatic N) is 3. The molecule has 0 aliphatic carbocycles. The molecule has 8 heteroatoms. The fraction of sp³-hybridized carbons (Fsp3) is 0.364. The highest BCUT2D eigenvalue weighted by Crippen LogP contribution is 2.31. The highest BCUT2D eigenvalue weighted by atomic mass is 16.6. The van der Waals surface area contributed by atoms with Crippen LogP contribution in [0.3, 0.4) is 0 Å². The summed E-state index contributed by atoms with van der Waals surface area (Å²) in [6.45, 7) is 5.24. The molecule has 1 aliphatic rings. The zero-order valence-corrected chi connectivity index (χ0v) is 17.0. The molecule has 0 bridgehead atoms. The van der Waals surface area contributed by atoms with Crippen LogP contribution >= 0.6 is 0 Å². The molecule has 30 heavy (non-hydrogen) atoms. The Morgan fingerprint density at radius 2 is 1.97 bits per heavy atom. The van der Waals surface area contributed by atoms with Crippen LogP contribution in [-0.4, -0.2) is 28.9 Å². The van der Waals surface area contributed by atoms with Gasteiger partial charge in [0.2, 0.25) is 5.91 Å². The molecule has 156 valence electrons. The van der Waals surface area contributed by atoms with E-state index in [1.165, 1.54) is 6.07 Å². The minimum absolute atomic E-state index is 0.0378. The summed E-state index contributed by atoms with van der Waals surface area (Å²) in [6, 6.07) is 12.2. The van der Waals surface area contributed by atoms with Crippen molar-refractivity contribution in [1.29, 1.82) is 0 Å². The van der Waals surface area contributed by atoms with Crippen molar-refractivity contribution < 1.29 is 14.1 Å². The predicted molar refractivity (Wildman–Crippen MR) is 115 cm³/mol. The van der Waals surface area contributed by atoms with Gasteiger partial charge in [0, 0.05) is 36.7 Å². The second kappa shape index (κ2) is 8.14. The molecule has 3 aromatic rings. The van der Waals surface area contributed by atoms with Gasteiger partial charge in [-0.15, -0.1) is 0 Å². The number of oxazole rings is 1. The molecule has 1 saturated heterocycles. The van der Waals surface area contributed by atoms with Crippen molar-refractivity contribution in [2.45, 2.75) is 32.6 Å². The Morgan fingerprint density at radius 3 is 2.67 bits per heavy atom. The molecular formula is C22H24N4O4. The van der Waals surface area contributed by atoms with Crippen molar-refractivity contribution in [2.24, 2.45) is 5.92 Å². The lowest BCUT2D eigenvalue weighted by Gasteiger charge is -2.32. The maximum Gasteiger partial charge on any atom is 0.292 e. The Hall–Kier alpha value is -3.42. The van der Waals surface area contributed by atoms with Gasteiger partial charge in [-0.1, -0.05) is 26.0 Å². The molecule has 2 aromatic carbocycles. The van der Waals surface area contributed by atoms with Crippen LogP contribution in [-0.2, 0) is 4.79 Å². The molecule has 1 N–H and O–H groups in total. The number of nitro groups is 1. The first kappa shape index (κ1) is 19.9. The number of anilines is 2. The minimum atomic E-state index is -0.362. The largest absolute Gasteiger partial charge is 0.440 e. The number of para-hydroxylation sites is 2. The first-order chi connectivity index (χ1) is 14.4. The number of aromatic nitrogens is 1. The fourth-order valence-electron chi connectivity index (χ4n) is 3.78. The molecule has 1 fully saturated rings. The quantitative estimate of drug-likeness (QED) is 0.484. The van der Waals surface area contributed by atoms with Gasteiger partial charge in [0.1, 0.15) is 11.2 Å². The van der Waals surface area contributed by atoms with Gasteiger partial charge in [-0.2, -0.15) is 0 Å². The van der Waals surface area contributed by atoms with Crippen LogP contribution in [0.25, 0.3) is 11.1 Å². The summed E-state index contributed by atoms with van der Waals surface area (Å²) in [5.41, 5.74) is 2.83. The molecule has 1 aliphatic heterocycles. The zero-order chi connectivity index (χ0) is 21.3. The lowest BCUT2D eigenvalue weighted by Crippen LogP contribution is -2.38. The van der Waals surface area contributed by atoms with Crippen LogP contribution < -0.4 is 10.2 Å². The third kappa shape index (κ3) is 3.98. The van der Waals surface area contributed by atoms with Gasteiger partial charge in [-0.05, 0) is 37.1 Å². The number of carbonyl (C=O) groups is 1. The molecule has 1 amide bonds. The third-order valence-corrected chi connectivity index (χ3v) is 5.45. The minimum Gasteiger partial charge on any atom is -0.440 e. The van der Waals surface area contributed by atoms with Crippen LogP contribution in [0, 0.1) is 16.0 Å². The van der Waals surface area contributed by atoms with Gasteiger partial charge in [0.25, 0.3) is 5.69 Å². The van der Waals surface area contributed by atoms with Gasteiger partial charge in [-0.3, -0.25) is 14.9 Å². The second-order valence-corrected chi connectivity index (χ2v) is 7.89. The number of hydrogen-bond acceptors (Lipinski definition) is 6. The Balaban J connectivity index is 1.40. The first-order valence-corrected chi connectivity index (χ1v) is 10.1. The summed E-state index contributed by atoms with van der Waals surface area (Å²) in [5, 5.41) is 14.3. The number of piperidine rings is 1. The van der Waals surface area contributed by atoms with E-state index in [1.807, 2.05) is 36.9 Å². The summed E-state index contributed by atoms with van der Waals surface area (Å²) in [6.07, 6.45) is 1.28. The standard InChI is InChI=1S/C22H24N4O4/c1-14(2)22-24-17-13-16(7-8-20(17)30-22)23-21(27)15-9-11-25(12-10-15)18-5-3-4-6-19(18)26(28)29/h3-8,13-15H,9-12H2,1-2H3,(H,23,27). The second-order valence-electron chi connectivity index (χ2n) is 7.89. The monoisotopic (exact) mass is 408 g/mol. The number of amides is 1. The molecule has 0 unspecified atom stereocenters. The average Bonchev–Trinajstić information content (AvgIpc) is 3.17. The van der Waals surface area contributed by atoms with Gasteiger partial charge in [0.15, 0.2) is 11.5 Å². The van der Waals surface area contributed by atoms with E-state index >= 15 is 0 Å². The van der Waals surface area contributed by atoms with E-state index < -0.39 is 0 Å². The van der Waals surface area contributed by atoms with Crippen LogP contribution in [0.4, 0.5) is 17.1 Å². The van der Waals surface area contributed by atoms with Crippen LogP contribution in [0.15, 0.2) is 46.9 Å². The van der Waals surface area contributed by atoms with Gasteiger partial charge in [0.05, 0.1) is 4.92 Å². The molecule has 0 atom stereocenters. The summed E-state index contributed by atoms with van der Waals surface area (Å²) < 4.78 is 5.71. The van der Waals surface area contributed by atoms with Crippen molar-refractivity contribution in [3.63, 3.8) is 0 Å². The molecule has 0 saturated carbocycles. The number of nitrogens with one attached hydrogen (secondary N) is 1.